The zero-order valence-electron chi connectivity index (χ0n) is 9.55. The number of rotatable bonds is 4. The van der Waals surface area contributed by atoms with Gasteiger partial charge in [0.25, 0.3) is 0 Å². The lowest BCUT2D eigenvalue weighted by Gasteiger charge is -2.36. The van der Waals surface area contributed by atoms with Crippen molar-refractivity contribution in [1.82, 2.24) is 4.90 Å². The van der Waals surface area contributed by atoms with E-state index in [1.54, 1.807) is 0 Å². The van der Waals surface area contributed by atoms with Gasteiger partial charge in [-0.25, -0.2) is 9.18 Å². The van der Waals surface area contributed by atoms with Gasteiger partial charge in [0.2, 0.25) is 0 Å². The van der Waals surface area contributed by atoms with E-state index < -0.39 is 24.6 Å². The highest BCUT2D eigenvalue weighted by molar-refractivity contribution is 5.66. The van der Waals surface area contributed by atoms with Crippen LogP contribution < -0.4 is 9.47 Å². The molecule has 1 fully saturated rings. The summed E-state index contributed by atoms with van der Waals surface area (Å²) in [6.45, 7) is -2.86. The van der Waals surface area contributed by atoms with Crippen LogP contribution in [0.5, 0.6) is 11.5 Å². The predicted molar refractivity (Wildman–Crippen MR) is 57.0 cm³/mol. The number of hydrogen-bond donors (Lipinski definition) is 1. The first-order chi connectivity index (χ1) is 8.95. The number of nitrogens with zero attached hydrogens (tertiary/aromatic N) is 1. The van der Waals surface area contributed by atoms with E-state index >= 15 is 0 Å². The minimum atomic E-state index is -3.05. The van der Waals surface area contributed by atoms with Gasteiger partial charge in [-0.15, -0.1) is 0 Å². The highest BCUT2D eigenvalue weighted by Crippen LogP contribution is 2.31. The molecule has 0 bridgehead atoms. The van der Waals surface area contributed by atoms with Crippen molar-refractivity contribution in [2.24, 2.45) is 0 Å². The topological polar surface area (TPSA) is 59.0 Å². The van der Waals surface area contributed by atoms with E-state index in [4.69, 9.17) is 9.84 Å². The zero-order chi connectivity index (χ0) is 14.0. The van der Waals surface area contributed by atoms with Crippen molar-refractivity contribution in [3.8, 4) is 11.5 Å². The van der Waals surface area contributed by atoms with Gasteiger partial charge >= 0.3 is 12.7 Å². The second-order valence-corrected chi connectivity index (χ2v) is 3.90. The Balaban J connectivity index is 2.03. The van der Waals surface area contributed by atoms with Crippen molar-refractivity contribution >= 4 is 6.09 Å². The monoisotopic (exact) mass is 277 g/mol. The van der Waals surface area contributed by atoms with E-state index in [1.807, 2.05) is 0 Å². The van der Waals surface area contributed by atoms with Crippen LogP contribution in [0.15, 0.2) is 18.2 Å². The molecule has 1 aliphatic rings. The third-order valence-corrected chi connectivity index (χ3v) is 2.53. The Labute approximate surface area is 106 Å². The van der Waals surface area contributed by atoms with Crippen molar-refractivity contribution in [3.05, 3.63) is 24.0 Å². The minimum absolute atomic E-state index is 0.0972. The van der Waals surface area contributed by atoms with Gasteiger partial charge in [0.05, 0.1) is 13.1 Å². The molecule has 1 aromatic carbocycles. The summed E-state index contributed by atoms with van der Waals surface area (Å²) in [5.41, 5.74) is 0. The van der Waals surface area contributed by atoms with Gasteiger partial charge in [-0.05, 0) is 12.1 Å². The summed E-state index contributed by atoms with van der Waals surface area (Å²) in [5, 5.41) is 8.62. The van der Waals surface area contributed by atoms with Crippen molar-refractivity contribution < 1.29 is 32.5 Å². The number of hydrogen-bond acceptors (Lipinski definition) is 3. The van der Waals surface area contributed by atoms with Crippen LogP contribution >= 0.6 is 0 Å². The summed E-state index contributed by atoms with van der Waals surface area (Å²) in [6.07, 6.45) is -1.60. The molecule has 5 nitrogen and oxygen atoms in total. The van der Waals surface area contributed by atoms with Crippen LogP contribution in [-0.4, -0.2) is 41.9 Å². The molecule has 0 radical (unpaired) electrons. The van der Waals surface area contributed by atoms with Crippen molar-refractivity contribution in [1.29, 1.82) is 0 Å². The van der Waals surface area contributed by atoms with Gasteiger partial charge in [-0.3, -0.25) is 0 Å². The Hall–Kier alpha value is -2.12. The number of halogens is 3. The molecule has 0 unspecified atom stereocenters. The number of benzene rings is 1. The molecule has 104 valence electrons. The fraction of sp³-hybridized carbons (Fsp3) is 0.364. The second-order valence-electron chi connectivity index (χ2n) is 3.90. The number of likely N-dealkylation sites (tertiary alicyclic amines) is 1. The van der Waals surface area contributed by atoms with E-state index in [0.29, 0.717) is 0 Å². The van der Waals surface area contributed by atoms with E-state index in [0.717, 1.165) is 23.1 Å². The first kappa shape index (κ1) is 13.3. The van der Waals surface area contributed by atoms with E-state index in [2.05, 4.69) is 4.74 Å². The van der Waals surface area contributed by atoms with Crippen LogP contribution in [0.2, 0.25) is 0 Å². The molecule has 19 heavy (non-hydrogen) atoms. The summed E-state index contributed by atoms with van der Waals surface area (Å²) < 4.78 is 46.8. The van der Waals surface area contributed by atoms with Gasteiger partial charge in [-0.2, -0.15) is 8.78 Å². The minimum Gasteiger partial charge on any atom is -0.483 e. The van der Waals surface area contributed by atoms with Gasteiger partial charge < -0.3 is 19.5 Å². The van der Waals surface area contributed by atoms with Gasteiger partial charge in [0, 0.05) is 6.07 Å². The number of carbonyl (C=O) groups is 1. The van der Waals surface area contributed by atoms with Crippen molar-refractivity contribution in [2.75, 3.05) is 13.1 Å². The first-order valence-corrected chi connectivity index (χ1v) is 5.34. The Morgan fingerprint density at radius 2 is 2.05 bits per heavy atom. The second kappa shape index (κ2) is 5.25. The quantitative estimate of drug-likeness (QED) is 0.916. The molecule has 2 rings (SSSR count). The molecule has 1 aromatic rings. The third kappa shape index (κ3) is 3.21. The highest BCUT2D eigenvalue weighted by Gasteiger charge is 2.32. The normalized spacial score (nSPS) is 15.3. The summed E-state index contributed by atoms with van der Waals surface area (Å²) in [6, 6.07) is 2.92. The fourth-order valence-corrected chi connectivity index (χ4v) is 1.62. The zero-order valence-corrected chi connectivity index (χ0v) is 9.55. The summed E-state index contributed by atoms with van der Waals surface area (Å²) in [7, 11) is 0. The lowest BCUT2D eigenvalue weighted by atomic mass is 10.2. The average Bonchev–Trinajstić information content (AvgIpc) is 2.25. The standard InChI is InChI=1S/C11H10F3NO4/c12-6-1-2-8(19-10(13)14)9(3-6)18-7-4-15(5-7)11(16)17/h1-3,7,10H,4-5H2,(H,16,17). The Bertz CT molecular complexity index is 477. The lowest BCUT2D eigenvalue weighted by Crippen LogP contribution is -2.55. The van der Waals surface area contributed by atoms with Crippen molar-refractivity contribution in [3.63, 3.8) is 0 Å². The molecule has 8 heteroatoms. The molecule has 0 atom stereocenters. The van der Waals surface area contributed by atoms with Gasteiger partial charge in [0.1, 0.15) is 11.9 Å². The maximum Gasteiger partial charge on any atom is 0.407 e. The Kier molecular flexibility index (Phi) is 3.68. The number of amides is 1. The molecule has 0 aliphatic carbocycles. The van der Waals surface area contributed by atoms with Crippen LogP contribution in [0, 0.1) is 5.82 Å². The number of ether oxygens (including phenoxy) is 2. The van der Waals surface area contributed by atoms with Gasteiger partial charge in [-0.1, -0.05) is 0 Å². The SMILES string of the molecule is O=C(O)N1CC(Oc2cc(F)ccc2OC(F)F)C1. The summed E-state index contributed by atoms with van der Waals surface area (Å²) >= 11 is 0. The van der Waals surface area contributed by atoms with Gasteiger partial charge in [0.15, 0.2) is 11.5 Å². The molecule has 1 aliphatic heterocycles. The molecular weight excluding hydrogens is 267 g/mol. The van der Waals surface area contributed by atoms with Crippen LogP contribution in [0.4, 0.5) is 18.0 Å². The van der Waals surface area contributed by atoms with E-state index in [-0.39, 0.29) is 24.6 Å². The lowest BCUT2D eigenvalue weighted by molar-refractivity contribution is -0.0537. The fourth-order valence-electron chi connectivity index (χ4n) is 1.62. The van der Waals surface area contributed by atoms with E-state index in [1.165, 1.54) is 0 Å². The highest BCUT2D eigenvalue weighted by atomic mass is 19.3. The summed E-state index contributed by atoms with van der Waals surface area (Å²) in [4.78, 5) is 11.6. The molecular formula is C11H10F3NO4. The largest absolute Gasteiger partial charge is 0.483 e. The van der Waals surface area contributed by atoms with Crippen LogP contribution in [0.3, 0.4) is 0 Å². The molecule has 1 amide bonds. The molecule has 0 saturated carbocycles. The third-order valence-electron chi connectivity index (χ3n) is 2.53. The molecule has 1 saturated heterocycles. The predicted octanol–water partition coefficient (Wildman–Crippen LogP) is 2.17. The maximum absolute atomic E-state index is 13.0. The van der Waals surface area contributed by atoms with Crippen LogP contribution in [0.25, 0.3) is 0 Å². The number of carboxylic acid groups (broad SMARTS) is 1. The maximum atomic E-state index is 13.0. The van der Waals surface area contributed by atoms with Crippen molar-refractivity contribution in [2.45, 2.75) is 12.7 Å². The average molecular weight is 277 g/mol. The Morgan fingerprint density at radius 3 is 2.63 bits per heavy atom. The number of alkyl halides is 2. The van der Waals surface area contributed by atoms with Crippen LogP contribution in [-0.2, 0) is 0 Å². The molecule has 1 heterocycles. The van der Waals surface area contributed by atoms with E-state index in [9.17, 15) is 18.0 Å². The molecule has 1 N–H and O–H groups in total. The Morgan fingerprint density at radius 1 is 1.37 bits per heavy atom. The smallest absolute Gasteiger partial charge is 0.407 e. The molecule has 0 spiro atoms. The van der Waals surface area contributed by atoms with Crippen LogP contribution in [0.1, 0.15) is 0 Å². The molecule has 0 aromatic heterocycles. The first-order valence-electron chi connectivity index (χ1n) is 5.34. The summed E-state index contributed by atoms with van der Waals surface area (Å²) in [5.74, 6) is -1.12.